The minimum absolute atomic E-state index is 0.271. The largest absolute Gasteiger partial charge is 0.496 e. The standard InChI is InChI=1S/C11H13NO4/c1-6-5-7(3-4-8(6)16-2)10(13)9(12)11(14)15/h3-5,9H,12H2,1-2H3,(H,14,15). The van der Waals surface area contributed by atoms with Gasteiger partial charge in [-0.2, -0.15) is 0 Å². The maximum atomic E-state index is 11.6. The number of benzene rings is 1. The maximum absolute atomic E-state index is 11.6. The second-order valence-corrected chi connectivity index (χ2v) is 3.36. The zero-order valence-electron chi connectivity index (χ0n) is 9.06. The first-order chi connectivity index (χ1) is 7.47. The van der Waals surface area contributed by atoms with E-state index in [4.69, 9.17) is 15.6 Å². The van der Waals surface area contributed by atoms with Crippen LogP contribution < -0.4 is 10.5 Å². The van der Waals surface area contributed by atoms with Crippen LogP contribution in [0, 0.1) is 6.92 Å². The molecule has 5 nitrogen and oxygen atoms in total. The van der Waals surface area contributed by atoms with Crippen LogP contribution in [0.1, 0.15) is 15.9 Å². The lowest BCUT2D eigenvalue weighted by Gasteiger charge is -2.08. The average Bonchev–Trinajstić information content (AvgIpc) is 2.26. The van der Waals surface area contributed by atoms with Crippen LogP contribution in [-0.2, 0) is 4.79 Å². The van der Waals surface area contributed by atoms with Crippen molar-refractivity contribution in [3.8, 4) is 5.75 Å². The molecule has 0 bridgehead atoms. The third-order valence-electron chi connectivity index (χ3n) is 2.23. The molecule has 0 fully saturated rings. The summed E-state index contributed by atoms with van der Waals surface area (Å²) in [7, 11) is 1.52. The first-order valence-corrected chi connectivity index (χ1v) is 4.64. The van der Waals surface area contributed by atoms with Gasteiger partial charge < -0.3 is 15.6 Å². The fraction of sp³-hybridized carbons (Fsp3) is 0.273. The molecule has 0 aliphatic carbocycles. The Kier molecular flexibility index (Phi) is 3.63. The molecule has 1 aromatic carbocycles. The lowest BCUT2D eigenvalue weighted by molar-refractivity contribution is -0.137. The van der Waals surface area contributed by atoms with Gasteiger partial charge in [-0.15, -0.1) is 0 Å². The minimum Gasteiger partial charge on any atom is -0.496 e. The van der Waals surface area contributed by atoms with Gasteiger partial charge in [0.15, 0.2) is 11.8 Å². The summed E-state index contributed by atoms with van der Waals surface area (Å²) in [5.74, 6) is -1.31. The molecule has 0 aliphatic heterocycles. The van der Waals surface area contributed by atoms with Crippen LogP contribution in [0.15, 0.2) is 18.2 Å². The van der Waals surface area contributed by atoms with Gasteiger partial charge in [0, 0.05) is 5.56 Å². The van der Waals surface area contributed by atoms with Crippen molar-refractivity contribution < 1.29 is 19.4 Å². The molecule has 0 amide bonds. The van der Waals surface area contributed by atoms with Gasteiger partial charge in [0.1, 0.15) is 5.75 Å². The zero-order valence-corrected chi connectivity index (χ0v) is 9.06. The Hall–Kier alpha value is -1.88. The van der Waals surface area contributed by atoms with E-state index in [-0.39, 0.29) is 5.56 Å². The minimum atomic E-state index is -1.52. The summed E-state index contributed by atoms with van der Waals surface area (Å²) in [4.78, 5) is 22.1. The molecule has 0 saturated heterocycles. The number of Topliss-reactive ketones (excluding diaryl/α,β-unsaturated/α-hetero) is 1. The molecule has 86 valence electrons. The van der Waals surface area contributed by atoms with Gasteiger partial charge in [0.2, 0.25) is 0 Å². The summed E-state index contributed by atoms with van der Waals surface area (Å²) in [6.07, 6.45) is 0. The number of carboxylic acid groups (broad SMARTS) is 1. The van der Waals surface area contributed by atoms with Crippen molar-refractivity contribution in [2.45, 2.75) is 13.0 Å². The van der Waals surface area contributed by atoms with Crippen molar-refractivity contribution in [2.75, 3.05) is 7.11 Å². The molecular formula is C11H13NO4. The Balaban J connectivity index is 3.02. The smallest absolute Gasteiger partial charge is 0.328 e. The second kappa shape index (κ2) is 4.76. The summed E-state index contributed by atoms with van der Waals surface area (Å²) >= 11 is 0. The highest BCUT2D eigenvalue weighted by Crippen LogP contribution is 2.19. The Morgan fingerprint density at radius 2 is 2.06 bits per heavy atom. The van der Waals surface area contributed by atoms with Crippen LogP contribution in [0.25, 0.3) is 0 Å². The number of aryl methyl sites for hydroxylation is 1. The number of carboxylic acids is 1. The van der Waals surface area contributed by atoms with Crippen LogP contribution in [0.3, 0.4) is 0 Å². The number of ether oxygens (including phenoxy) is 1. The third kappa shape index (κ3) is 2.38. The second-order valence-electron chi connectivity index (χ2n) is 3.36. The number of nitrogens with two attached hydrogens (primary N) is 1. The van der Waals surface area contributed by atoms with Crippen molar-refractivity contribution in [3.05, 3.63) is 29.3 Å². The summed E-state index contributed by atoms with van der Waals surface area (Å²) < 4.78 is 5.03. The first kappa shape index (κ1) is 12.2. The van der Waals surface area contributed by atoms with Gasteiger partial charge in [-0.05, 0) is 30.7 Å². The molecule has 0 saturated carbocycles. The topological polar surface area (TPSA) is 89.6 Å². The van der Waals surface area contributed by atoms with E-state index >= 15 is 0 Å². The molecule has 1 atom stereocenters. The summed E-state index contributed by atoms with van der Waals surface area (Å²) in [6.45, 7) is 1.77. The predicted molar refractivity (Wildman–Crippen MR) is 57.7 cm³/mol. The Morgan fingerprint density at radius 3 is 2.50 bits per heavy atom. The van der Waals surface area contributed by atoms with Crippen LogP contribution in [0.4, 0.5) is 0 Å². The Bertz CT molecular complexity index is 428. The van der Waals surface area contributed by atoms with E-state index in [0.29, 0.717) is 5.75 Å². The SMILES string of the molecule is COc1ccc(C(=O)C(N)C(=O)O)cc1C. The summed E-state index contributed by atoms with van der Waals surface area (Å²) in [5, 5.41) is 8.61. The normalized spacial score (nSPS) is 11.9. The van der Waals surface area contributed by atoms with E-state index in [1.165, 1.54) is 13.2 Å². The molecule has 1 rings (SSSR count). The highest BCUT2D eigenvalue weighted by molar-refractivity contribution is 6.11. The quantitative estimate of drug-likeness (QED) is 0.576. The molecular weight excluding hydrogens is 210 g/mol. The van der Waals surface area contributed by atoms with E-state index in [0.717, 1.165) is 5.56 Å². The number of carbonyl (C=O) groups excluding carboxylic acids is 1. The molecule has 0 aliphatic rings. The van der Waals surface area contributed by atoms with Gasteiger partial charge in [-0.25, -0.2) is 0 Å². The fourth-order valence-corrected chi connectivity index (χ4v) is 1.32. The number of hydrogen-bond donors (Lipinski definition) is 2. The van der Waals surface area contributed by atoms with Crippen molar-refractivity contribution in [1.29, 1.82) is 0 Å². The third-order valence-corrected chi connectivity index (χ3v) is 2.23. The first-order valence-electron chi connectivity index (χ1n) is 4.64. The molecule has 0 radical (unpaired) electrons. The molecule has 1 aromatic rings. The maximum Gasteiger partial charge on any atom is 0.328 e. The summed E-state index contributed by atoms with van der Waals surface area (Å²) in [6, 6.07) is 3.14. The Labute approximate surface area is 92.8 Å². The monoisotopic (exact) mass is 223 g/mol. The van der Waals surface area contributed by atoms with Crippen molar-refractivity contribution in [1.82, 2.24) is 0 Å². The predicted octanol–water partition coefficient (Wildman–Crippen LogP) is 0.598. The van der Waals surface area contributed by atoms with E-state index in [1.54, 1.807) is 19.1 Å². The molecule has 0 aromatic heterocycles. The number of ketones is 1. The molecule has 3 N–H and O–H groups in total. The summed E-state index contributed by atoms with van der Waals surface area (Å²) in [5.41, 5.74) is 6.26. The number of methoxy groups -OCH3 is 1. The molecule has 16 heavy (non-hydrogen) atoms. The van der Waals surface area contributed by atoms with Gasteiger partial charge in [-0.1, -0.05) is 0 Å². The fourth-order valence-electron chi connectivity index (χ4n) is 1.32. The van der Waals surface area contributed by atoms with Gasteiger partial charge >= 0.3 is 5.97 Å². The number of hydrogen-bond acceptors (Lipinski definition) is 4. The zero-order chi connectivity index (χ0) is 12.3. The van der Waals surface area contributed by atoms with E-state index in [9.17, 15) is 9.59 Å². The molecule has 1 unspecified atom stereocenters. The van der Waals surface area contributed by atoms with Gasteiger partial charge in [0.25, 0.3) is 0 Å². The number of carbonyl (C=O) groups is 2. The molecule has 0 spiro atoms. The van der Waals surface area contributed by atoms with Crippen molar-refractivity contribution in [3.63, 3.8) is 0 Å². The van der Waals surface area contributed by atoms with Gasteiger partial charge in [0.05, 0.1) is 7.11 Å². The molecule has 0 heterocycles. The Morgan fingerprint density at radius 1 is 1.44 bits per heavy atom. The highest BCUT2D eigenvalue weighted by Gasteiger charge is 2.22. The van der Waals surface area contributed by atoms with Crippen LogP contribution in [-0.4, -0.2) is 30.0 Å². The van der Waals surface area contributed by atoms with Crippen LogP contribution >= 0.6 is 0 Å². The van der Waals surface area contributed by atoms with E-state index in [2.05, 4.69) is 0 Å². The van der Waals surface area contributed by atoms with Crippen molar-refractivity contribution in [2.24, 2.45) is 5.73 Å². The van der Waals surface area contributed by atoms with E-state index in [1.807, 2.05) is 0 Å². The van der Waals surface area contributed by atoms with E-state index < -0.39 is 17.8 Å². The van der Waals surface area contributed by atoms with Gasteiger partial charge in [-0.3, -0.25) is 9.59 Å². The lowest BCUT2D eigenvalue weighted by atomic mass is 10.0. The highest BCUT2D eigenvalue weighted by atomic mass is 16.5. The number of rotatable bonds is 4. The van der Waals surface area contributed by atoms with Crippen molar-refractivity contribution >= 4 is 11.8 Å². The molecule has 5 heteroatoms. The van der Waals surface area contributed by atoms with Crippen LogP contribution in [0.2, 0.25) is 0 Å². The lowest BCUT2D eigenvalue weighted by Crippen LogP contribution is -2.38. The van der Waals surface area contributed by atoms with Crippen LogP contribution in [0.5, 0.6) is 5.75 Å². The average molecular weight is 223 g/mol. The number of aliphatic carboxylic acids is 1.